The molecule has 2 aromatic heterocycles. The molecule has 0 radical (unpaired) electrons. The van der Waals surface area contributed by atoms with Gasteiger partial charge in [-0.05, 0) is 6.07 Å². The molecule has 0 aliphatic rings. The predicted molar refractivity (Wildman–Crippen MR) is 64.3 cm³/mol. The van der Waals surface area contributed by atoms with Crippen molar-refractivity contribution in [1.82, 2.24) is 20.3 Å². The van der Waals surface area contributed by atoms with Crippen LogP contribution in [0.15, 0.2) is 30.2 Å². The van der Waals surface area contributed by atoms with Crippen LogP contribution in [0.4, 0.5) is 0 Å². The number of nitrogens with one attached hydrogen (secondary N) is 1. The lowest BCUT2D eigenvalue weighted by atomic mass is 10.2. The summed E-state index contributed by atoms with van der Waals surface area (Å²) in [6, 6.07) is 1.92. The molecule has 1 atom stereocenters. The van der Waals surface area contributed by atoms with Gasteiger partial charge in [-0.2, -0.15) is 0 Å². The highest BCUT2D eigenvalue weighted by Gasteiger charge is 2.07. The molecule has 0 fully saturated rings. The molecule has 16 heavy (non-hydrogen) atoms. The van der Waals surface area contributed by atoms with Crippen molar-refractivity contribution in [1.29, 1.82) is 0 Å². The zero-order valence-electron chi connectivity index (χ0n) is 9.13. The second-order valence-electron chi connectivity index (χ2n) is 3.60. The van der Waals surface area contributed by atoms with Crippen LogP contribution >= 0.6 is 11.3 Å². The van der Waals surface area contributed by atoms with Crippen LogP contribution in [0.3, 0.4) is 0 Å². The molecule has 2 aromatic rings. The molecule has 0 saturated carbocycles. The molecule has 4 nitrogen and oxygen atoms in total. The number of aromatic nitrogens is 3. The Morgan fingerprint density at radius 3 is 3.00 bits per heavy atom. The fourth-order valence-electron chi connectivity index (χ4n) is 1.40. The van der Waals surface area contributed by atoms with E-state index in [1.807, 2.05) is 17.6 Å². The van der Waals surface area contributed by atoms with Crippen molar-refractivity contribution in [2.45, 2.75) is 19.4 Å². The normalized spacial score (nSPS) is 12.6. The number of hydrogen-bond donors (Lipinski definition) is 1. The molecule has 0 aliphatic heterocycles. The topological polar surface area (TPSA) is 50.7 Å². The van der Waals surface area contributed by atoms with Crippen molar-refractivity contribution >= 4 is 11.3 Å². The van der Waals surface area contributed by atoms with Gasteiger partial charge in [0.2, 0.25) is 0 Å². The SMILES string of the molecule is CC(CNCc1ccncn1)c1nccs1. The summed E-state index contributed by atoms with van der Waals surface area (Å²) in [7, 11) is 0. The van der Waals surface area contributed by atoms with Crippen LogP contribution in [0.1, 0.15) is 23.5 Å². The van der Waals surface area contributed by atoms with Crippen LogP contribution in [0.25, 0.3) is 0 Å². The summed E-state index contributed by atoms with van der Waals surface area (Å²) in [5.41, 5.74) is 1.02. The van der Waals surface area contributed by atoms with E-state index in [-0.39, 0.29) is 0 Å². The van der Waals surface area contributed by atoms with Gasteiger partial charge in [-0.25, -0.2) is 15.0 Å². The molecule has 0 aliphatic carbocycles. The Balaban J connectivity index is 1.76. The molecular weight excluding hydrogens is 220 g/mol. The second kappa shape index (κ2) is 5.67. The molecular formula is C11H14N4S. The molecule has 0 amide bonds. The third kappa shape index (κ3) is 3.08. The Bertz CT molecular complexity index is 401. The zero-order valence-corrected chi connectivity index (χ0v) is 9.94. The summed E-state index contributed by atoms with van der Waals surface area (Å²) >= 11 is 1.70. The maximum Gasteiger partial charge on any atom is 0.115 e. The lowest BCUT2D eigenvalue weighted by Crippen LogP contribution is -2.20. The van der Waals surface area contributed by atoms with Gasteiger partial charge in [0.25, 0.3) is 0 Å². The summed E-state index contributed by atoms with van der Waals surface area (Å²) in [5.74, 6) is 0.446. The quantitative estimate of drug-likeness (QED) is 0.857. The van der Waals surface area contributed by atoms with E-state index in [0.717, 1.165) is 18.8 Å². The third-order valence-electron chi connectivity index (χ3n) is 2.27. The number of rotatable bonds is 5. The van der Waals surface area contributed by atoms with E-state index >= 15 is 0 Å². The molecule has 1 unspecified atom stereocenters. The van der Waals surface area contributed by atoms with Gasteiger partial charge in [0.05, 0.1) is 10.7 Å². The average molecular weight is 234 g/mol. The number of thiazole rings is 1. The van der Waals surface area contributed by atoms with E-state index < -0.39 is 0 Å². The van der Waals surface area contributed by atoms with Crippen molar-refractivity contribution in [3.63, 3.8) is 0 Å². The fraction of sp³-hybridized carbons (Fsp3) is 0.364. The molecule has 5 heteroatoms. The smallest absolute Gasteiger partial charge is 0.115 e. The van der Waals surface area contributed by atoms with E-state index in [0.29, 0.717) is 5.92 Å². The predicted octanol–water partition coefficient (Wildman–Crippen LogP) is 1.83. The van der Waals surface area contributed by atoms with E-state index in [1.165, 1.54) is 5.01 Å². The number of nitrogens with zero attached hydrogens (tertiary/aromatic N) is 3. The molecule has 0 spiro atoms. The summed E-state index contributed by atoms with van der Waals surface area (Å²) in [4.78, 5) is 12.3. The molecule has 2 rings (SSSR count). The highest BCUT2D eigenvalue weighted by atomic mass is 32.1. The first-order valence-corrected chi connectivity index (χ1v) is 6.09. The maximum atomic E-state index is 4.29. The Kier molecular flexibility index (Phi) is 3.96. The Hall–Kier alpha value is -1.33. The summed E-state index contributed by atoms with van der Waals surface area (Å²) < 4.78 is 0. The monoisotopic (exact) mass is 234 g/mol. The minimum Gasteiger partial charge on any atom is -0.310 e. The Morgan fingerprint density at radius 2 is 2.31 bits per heavy atom. The van der Waals surface area contributed by atoms with Gasteiger partial charge in [-0.3, -0.25) is 0 Å². The molecule has 0 aromatic carbocycles. The first kappa shape index (κ1) is 11.2. The van der Waals surface area contributed by atoms with Crippen molar-refractivity contribution in [3.8, 4) is 0 Å². The first-order valence-electron chi connectivity index (χ1n) is 5.21. The zero-order chi connectivity index (χ0) is 11.2. The van der Waals surface area contributed by atoms with E-state index in [4.69, 9.17) is 0 Å². The van der Waals surface area contributed by atoms with Crippen molar-refractivity contribution in [2.75, 3.05) is 6.54 Å². The lowest BCUT2D eigenvalue weighted by Gasteiger charge is -2.09. The van der Waals surface area contributed by atoms with Gasteiger partial charge >= 0.3 is 0 Å². The van der Waals surface area contributed by atoms with Gasteiger partial charge in [0.15, 0.2) is 0 Å². The minimum absolute atomic E-state index is 0.446. The molecule has 1 N–H and O–H groups in total. The minimum atomic E-state index is 0.446. The van der Waals surface area contributed by atoms with Crippen molar-refractivity contribution in [2.24, 2.45) is 0 Å². The van der Waals surface area contributed by atoms with Crippen LogP contribution in [-0.4, -0.2) is 21.5 Å². The molecule has 0 saturated heterocycles. The van der Waals surface area contributed by atoms with Crippen molar-refractivity contribution < 1.29 is 0 Å². The van der Waals surface area contributed by atoms with Crippen LogP contribution < -0.4 is 5.32 Å². The van der Waals surface area contributed by atoms with E-state index in [2.05, 4.69) is 27.2 Å². The van der Waals surface area contributed by atoms with Gasteiger partial charge in [0, 0.05) is 36.8 Å². The van der Waals surface area contributed by atoms with Crippen LogP contribution in [0.2, 0.25) is 0 Å². The van der Waals surface area contributed by atoms with Gasteiger partial charge in [-0.15, -0.1) is 11.3 Å². The highest BCUT2D eigenvalue weighted by molar-refractivity contribution is 7.09. The van der Waals surface area contributed by atoms with E-state index in [1.54, 1.807) is 23.9 Å². The van der Waals surface area contributed by atoms with E-state index in [9.17, 15) is 0 Å². The Labute approximate surface area is 98.8 Å². The summed E-state index contributed by atoms with van der Waals surface area (Å²) in [6.07, 6.45) is 5.18. The third-order valence-corrected chi connectivity index (χ3v) is 3.28. The van der Waals surface area contributed by atoms with Gasteiger partial charge < -0.3 is 5.32 Å². The average Bonchev–Trinajstić information content (AvgIpc) is 2.84. The largest absolute Gasteiger partial charge is 0.310 e. The van der Waals surface area contributed by atoms with Gasteiger partial charge in [-0.1, -0.05) is 6.92 Å². The maximum absolute atomic E-state index is 4.29. The van der Waals surface area contributed by atoms with Crippen molar-refractivity contribution in [3.05, 3.63) is 40.9 Å². The molecule has 84 valence electrons. The van der Waals surface area contributed by atoms with Gasteiger partial charge in [0.1, 0.15) is 6.33 Å². The highest BCUT2D eigenvalue weighted by Crippen LogP contribution is 2.16. The van der Waals surface area contributed by atoms with Crippen LogP contribution in [0, 0.1) is 0 Å². The second-order valence-corrected chi connectivity index (χ2v) is 4.53. The molecule has 2 heterocycles. The summed E-state index contributed by atoms with van der Waals surface area (Å²) in [5, 5.41) is 6.55. The lowest BCUT2D eigenvalue weighted by molar-refractivity contribution is 0.605. The summed E-state index contributed by atoms with van der Waals surface area (Å²) in [6.45, 7) is 3.86. The standard InChI is InChI=1S/C11H14N4S/c1-9(11-14-4-5-16-11)6-13-7-10-2-3-12-8-15-10/h2-5,8-9,13H,6-7H2,1H3. The number of hydrogen-bond acceptors (Lipinski definition) is 5. The molecule has 0 bridgehead atoms. The first-order chi connectivity index (χ1) is 7.86. The van der Waals surface area contributed by atoms with Crippen LogP contribution in [-0.2, 0) is 6.54 Å². The van der Waals surface area contributed by atoms with Crippen LogP contribution in [0.5, 0.6) is 0 Å². The fourth-order valence-corrected chi connectivity index (χ4v) is 2.10. The Morgan fingerprint density at radius 1 is 1.38 bits per heavy atom.